The molecule has 0 saturated heterocycles. The van der Waals surface area contributed by atoms with Gasteiger partial charge in [-0.3, -0.25) is 0 Å². The maximum Gasteiger partial charge on any atom is 0.124 e. The van der Waals surface area contributed by atoms with E-state index in [-0.39, 0.29) is 11.4 Å². The van der Waals surface area contributed by atoms with Crippen LogP contribution in [0.3, 0.4) is 0 Å². The van der Waals surface area contributed by atoms with Crippen molar-refractivity contribution in [2.24, 2.45) is 0 Å². The Morgan fingerprint density at radius 3 is 2.64 bits per heavy atom. The van der Waals surface area contributed by atoms with Gasteiger partial charge in [0.05, 0.1) is 0 Å². The molecule has 1 heterocycles. The largest absolute Gasteiger partial charge is 0.487 e. The minimum atomic E-state index is -0.184. The zero-order valence-electron chi connectivity index (χ0n) is 13.1. The maximum absolute atomic E-state index is 12.9. The molecule has 3 heteroatoms. The second kappa shape index (κ2) is 6.09. The van der Waals surface area contributed by atoms with Crippen LogP contribution in [0.2, 0.25) is 0 Å². The Morgan fingerprint density at radius 2 is 1.86 bits per heavy atom. The fourth-order valence-electron chi connectivity index (χ4n) is 3.03. The van der Waals surface area contributed by atoms with Crippen molar-refractivity contribution in [1.29, 1.82) is 0 Å². The SMILES string of the molecule is CC1(C)CC(NCCc2ccc(F)cc2)c2ccccc2O1. The average Bonchev–Trinajstić information content (AvgIpc) is 2.48. The molecule has 0 amide bonds. The van der Waals surface area contributed by atoms with Gasteiger partial charge in [0.1, 0.15) is 17.2 Å². The lowest BCUT2D eigenvalue weighted by Gasteiger charge is -2.38. The van der Waals surface area contributed by atoms with Crippen LogP contribution in [-0.4, -0.2) is 12.1 Å². The number of rotatable bonds is 4. The molecule has 0 bridgehead atoms. The standard InChI is InChI=1S/C19H22FNO/c1-19(2)13-17(16-5-3-4-6-18(16)22-19)21-12-11-14-7-9-15(20)10-8-14/h3-10,17,21H,11-13H2,1-2H3. The Balaban J connectivity index is 1.65. The molecular formula is C19H22FNO. The van der Waals surface area contributed by atoms with Crippen LogP contribution in [0.1, 0.15) is 37.4 Å². The number of ether oxygens (including phenoxy) is 1. The summed E-state index contributed by atoms with van der Waals surface area (Å²) in [5.74, 6) is 0.787. The number of fused-ring (bicyclic) bond motifs is 1. The highest BCUT2D eigenvalue weighted by Gasteiger charge is 2.32. The first-order valence-corrected chi connectivity index (χ1v) is 7.79. The molecule has 0 fully saturated rings. The monoisotopic (exact) mass is 299 g/mol. The minimum absolute atomic E-state index is 0.165. The van der Waals surface area contributed by atoms with Crippen molar-refractivity contribution < 1.29 is 9.13 Å². The van der Waals surface area contributed by atoms with Crippen molar-refractivity contribution in [2.45, 2.75) is 38.3 Å². The van der Waals surface area contributed by atoms with Gasteiger partial charge in [0.25, 0.3) is 0 Å². The van der Waals surface area contributed by atoms with E-state index in [1.54, 1.807) is 0 Å². The number of halogens is 1. The predicted octanol–water partition coefficient (Wildman–Crippen LogP) is 4.26. The van der Waals surface area contributed by atoms with E-state index in [9.17, 15) is 4.39 Å². The highest BCUT2D eigenvalue weighted by Crippen LogP contribution is 2.39. The van der Waals surface area contributed by atoms with E-state index < -0.39 is 0 Å². The molecule has 0 aliphatic carbocycles. The van der Waals surface area contributed by atoms with Crippen LogP contribution in [0.5, 0.6) is 5.75 Å². The van der Waals surface area contributed by atoms with E-state index in [4.69, 9.17) is 4.74 Å². The van der Waals surface area contributed by atoms with E-state index in [0.717, 1.165) is 30.7 Å². The summed E-state index contributed by atoms with van der Waals surface area (Å²) in [6.07, 6.45) is 1.83. The molecule has 1 aliphatic rings. The lowest BCUT2D eigenvalue weighted by atomic mass is 9.89. The maximum atomic E-state index is 12.9. The fourth-order valence-corrected chi connectivity index (χ4v) is 3.03. The van der Waals surface area contributed by atoms with E-state index in [2.05, 4.69) is 31.3 Å². The molecule has 0 radical (unpaired) electrons. The van der Waals surface area contributed by atoms with Crippen LogP contribution in [0.25, 0.3) is 0 Å². The van der Waals surface area contributed by atoms with Gasteiger partial charge in [0, 0.05) is 18.0 Å². The lowest BCUT2D eigenvalue weighted by molar-refractivity contribution is 0.0662. The molecule has 116 valence electrons. The Labute approximate surface area is 131 Å². The molecule has 1 aliphatic heterocycles. The minimum Gasteiger partial charge on any atom is -0.487 e. The smallest absolute Gasteiger partial charge is 0.124 e. The zero-order chi connectivity index (χ0) is 15.6. The van der Waals surface area contributed by atoms with Crippen molar-refractivity contribution >= 4 is 0 Å². The van der Waals surface area contributed by atoms with Gasteiger partial charge < -0.3 is 10.1 Å². The third kappa shape index (κ3) is 3.47. The summed E-state index contributed by atoms with van der Waals surface area (Å²) in [4.78, 5) is 0. The van der Waals surface area contributed by atoms with Crippen molar-refractivity contribution in [1.82, 2.24) is 5.32 Å². The zero-order valence-corrected chi connectivity index (χ0v) is 13.1. The third-order valence-corrected chi connectivity index (χ3v) is 4.09. The van der Waals surface area contributed by atoms with E-state index in [1.165, 1.54) is 17.7 Å². The molecule has 3 rings (SSSR count). The van der Waals surface area contributed by atoms with Gasteiger partial charge in [-0.1, -0.05) is 30.3 Å². The molecule has 2 aromatic rings. The molecular weight excluding hydrogens is 277 g/mol. The first-order valence-electron chi connectivity index (χ1n) is 7.79. The normalized spacial score (nSPS) is 19.3. The van der Waals surface area contributed by atoms with Crippen LogP contribution in [0.4, 0.5) is 4.39 Å². The van der Waals surface area contributed by atoms with Gasteiger partial charge >= 0.3 is 0 Å². The Bertz CT molecular complexity index is 636. The summed E-state index contributed by atoms with van der Waals surface area (Å²) in [5.41, 5.74) is 2.21. The molecule has 2 aromatic carbocycles. The fraction of sp³-hybridized carbons (Fsp3) is 0.368. The van der Waals surface area contributed by atoms with Crippen molar-refractivity contribution in [3.63, 3.8) is 0 Å². The molecule has 0 spiro atoms. The van der Waals surface area contributed by atoms with Crippen LogP contribution in [0, 0.1) is 5.82 Å². The molecule has 22 heavy (non-hydrogen) atoms. The van der Waals surface area contributed by atoms with Crippen molar-refractivity contribution in [3.8, 4) is 5.75 Å². The van der Waals surface area contributed by atoms with Crippen molar-refractivity contribution in [3.05, 3.63) is 65.5 Å². The predicted molar refractivity (Wildman–Crippen MR) is 86.6 cm³/mol. The number of nitrogens with one attached hydrogen (secondary N) is 1. The number of hydrogen-bond donors (Lipinski definition) is 1. The number of benzene rings is 2. The quantitative estimate of drug-likeness (QED) is 0.911. The molecule has 1 unspecified atom stereocenters. The molecule has 2 nitrogen and oxygen atoms in total. The van der Waals surface area contributed by atoms with Crippen LogP contribution < -0.4 is 10.1 Å². The molecule has 0 aromatic heterocycles. The van der Waals surface area contributed by atoms with Crippen molar-refractivity contribution in [2.75, 3.05) is 6.54 Å². The first-order chi connectivity index (χ1) is 10.5. The topological polar surface area (TPSA) is 21.3 Å². The van der Waals surface area contributed by atoms with E-state index in [1.807, 2.05) is 24.3 Å². The summed E-state index contributed by atoms with van der Waals surface area (Å²) in [6, 6.07) is 15.2. The van der Waals surface area contributed by atoms with Gasteiger partial charge in [-0.2, -0.15) is 0 Å². The second-order valence-corrected chi connectivity index (χ2v) is 6.49. The Morgan fingerprint density at radius 1 is 1.14 bits per heavy atom. The third-order valence-electron chi connectivity index (χ3n) is 4.09. The van der Waals surface area contributed by atoms with Gasteiger partial charge in [-0.25, -0.2) is 4.39 Å². The number of hydrogen-bond acceptors (Lipinski definition) is 2. The first kappa shape index (κ1) is 15.0. The van der Waals surface area contributed by atoms with Crippen LogP contribution in [0.15, 0.2) is 48.5 Å². The van der Waals surface area contributed by atoms with E-state index in [0.29, 0.717) is 6.04 Å². The molecule has 1 N–H and O–H groups in total. The highest BCUT2D eigenvalue weighted by atomic mass is 19.1. The Hall–Kier alpha value is -1.87. The molecule has 1 atom stereocenters. The second-order valence-electron chi connectivity index (χ2n) is 6.49. The number of para-hydroxylation sites is 1. The summed E-state index contributed by atoms with van der Waals surface area (Å²) in [6.45, 7) is 5.11. The van der Waals surface area contributed by atoms with Gasteiger partial charge in [-0.15, -0.1) is 0 Å². The van der Waals surface area contributed by atoms with E-state index >= 15 is 0 Å². The highest BCUT2D eigenvalue weighted by molar-refractivity contribution is 5.38. The van der Waals surface area contributed by atoms with Gasteiger partial charge in [0.2, 0.25) is 0 Å². The summed E-state index contributed by atoms with van der Waals surface area (Å²) < 4.78 is 19.0. The van der Waals surface area contributed by atoms with Crippen LogP contribution in [-0.2, 0) is 6.42 Å². The molecule has 0 saturated carbocycles. The summed E-state index contributed by atoms with van der Waals surface area (Å²) >= 11 is 0. The average molecular weight is 299 g/mol. The van der Waals surface area contributed by atoms with Gasteiger partial charge in [-0.05, 0) is 50.6 Å². The Kier molecular flexibility index (Phi) is 4.16. The van der Waals surface area contributed by atoms with Gasteiger partial charge in [0.15, 0.2) is 0 Å². The lowest BCUT2D eigenvalue weighted by Crippen LogP contribution is -2.39. The summed E-state index contributed by atoms with van der Waals surface area (Å²) in [5, 5.41) is 3.62. The summed E-state index contributed by atoms with van der Waals surface area (Å²) in [7, 11) is 0. The van der Waals surface area contributed by atoms with Crippen LogP contribution >= 0.6 is 0 Å².